The van der Waals surface area contributed by atoms with E-state index in [9.17, 15) is 8.42 Å². The highest BCUT2D eigenvalue weighted by Gasteiger charge is 2.20. The van der Waals surface area contributed by atoms with E-state index in [1.807, 2.05) is 0 Å². The fourth-order valence-electron chi connectivity index (χ4n) is 1.65. The van der Waals surface area contributed by atoms with Crippen LogP contribution in [-0.4, -0.2) is 25.2 Å². The molecule has 0 spiro atoms. The second-order valence-corrected chi connectivity index (χ2v) is 8.59. The molecule has 0 aliphatic heterocycles. The average molecular weight is 304 g/mol. The molecular formula is C13H24N2O2S2. The SMILES string of the molecule is CCCc1nc(CS(=O)(=O)C(C)C)sc1CNCC. The first-order chi connectivity index (χ1) is 8.90. The van der Waals surface area contributed by atoms with Crippen molar-refractivity contribution in [3.05, 3.63) is 15.6 Å². The first-order valence-electron chi connectivity index (χ1n) is 6.80. The van der Waals surface area contributed by atoms with E-state index in [2.05, 4.69) is 24.1 Å². The van der Waals surface area contributed by atoms with Gasteiger partial charge < -0.3 is 5.32 Å². The van der Waals surface area contributed by atoms with Crippen LogP contribution in [-0.2, 0) is 28.6 Å². The van der Waals surface area contributed by atoms with Crippen LogP contribution < -0.4 is 5.32 Å². The molecule has 0 aliphatic rings. The van der Waals surface area contributed by atoms with Gasteiger partial charge in [-0.3, -0.25) is 0 Å². The number of sulfone groups is 1. The minimum atomic E-state index is -3.06. The Labute approximate surface area is 120 Å². The molecule has 1 N–H and O–H groups in total. The van der Waals surface area contributed by atoms with Crippen molar-refractivity contribution in [2.24, 2.45) is 0 Å². The lowest BCUT2D eigenvalue weighted by Gasteiger charge is -2.04. The van der Waals surface area contributed by atoms with Crippen molar-refractivity contribution < 1.29 is 8.42 Å². The second-order valence-electron chi connectivity index (χ2n) is 4.86. The summed E-state index contributed by atoms with van der Waals surface area (Å²) in [5.41, 5.74) is 1.06. The zero-order chi connectivity index (χ0) is 14.5. The van der Waals surface area contributed by atoms with E-state index >= 15 is 0 Å². The van der Waals surface area contributed by atoms with E-state index in [-0.39, 0.29) is 11.0 Å². The van der Waals surface area contributed by atoms with Crippen LogP contribution in [0.2, 0.25) is 0 Å². The zero-order valence-corrected chi connectivity index (χ0v) is 13.8. The molecule has 4 nitrogen and oxygen atoms in total. The van der Waals surface area contributed by atoms with E-state index in [1.54, 1.807) is 13.8 Å². The summed E-state index contributed by atoms with van der Waals surface area (Å²) in [5.74, 6) is 0.0676. The van der Waals surface area contributed by atoms with E-state index < -0.39 is 9.84 Å². The van der Waals surface area contributed by atoms with Crippen molar-refractivity contribution in [3.8, 4) is 0 Å². The number of hydrogen-bond acceptors (Lipinski definition) is 5. The number of nitrogens with zero attached hydrogens (tertiary/aromatic N) is 1. The molecule has 0 amide bonds. The minimum absolute atomic E-state index is 0.0676. The maximum atomic E-state index is 11.9. The van der Waals surface area contributed by atoms with Crippen molar-refractivity contribution in [2.45, 2.75) is 58.1 Å². The predicted molar refractivity (Wildman–Crippen MR) is 81.2 cm³/mol. The molecule has 0 atom stereocenters. The lowest BCUT2D eigenvalue weighted by Crippen LogP contribution is -2.15. The molecule has 1 aromatic heterocycles. The number of hydrogen-bond donors (Lipinski definition) is 1. The Morgan fingerprint density at radius 1 is 1.32 bits per heavy atom. The Balaban J connectivity index is 2.91. The third-order valence-electron chi connectivity index (χ3n) is 2.89. The third-order valence-corrected chi connectivity index (χ3v) is 6.28. The highest BCUT2D eigenvalue weighted by Crippen LogP contribution is 2.23. The fourth-order valence-corrected chi connectivity index (χ4v) is 4.00. The van der Waals surface area contributed by atoms with Crippen molar-refractivity contribution in [1.29, 1.82) is 0 Å². The molecule has 19 heavy (non-hydrogen) atoms. The summed E-state index contributed by atoms with van der Waals surface area (Å²) in [5, 5.41) is 3.67. The zero-order valence-electron chi connectivity index (χ0n) is 12.2. The monoisotopic (exact) mass is 304 g/mol. The summed E-state index contributed by atoms with van der Waals surface area (Å²) in [6.45, 7) is 9.30. The van der Waals surface area contributed by atoms with Crippen LogP contribution in [0.1, 0.15) is 49.7 Å². The summed E-state index contributed by atoms with van der Waals surface area (Å²) in [6, 6.07) is 0. The molecule has 0 saturated carbocycles. The van der Waals surface area contributed by atoms with Gasteiger partial charge in [0.05, 0.1) is 10.9 Å². The van der Waals surface area contributed by atoms with Crippen LogP contribution in [0.5, 0.6) is 0 Å². The Morgan fingerprint density at radius 2 is 2.00 bits per heavy atom. The Kier molecular flexibility index (Phi) is 6.42. The predicted octanol–water partition coefficient (Wildman–Crippen LogP) is 2.53. The van der Waals surface area contributed by atoms with E-state index in [4.69, 9.17) is 0 Å². The number of aromatic nitrogens is 1. The van der Waals surface area contributed by atoms with Crippen LogP contribution in [0.3, 0.4) is 0 Å². The van der Waals surface area contributed by atoms with Crippen LogP contribution in [0, 0.1) is 0 Å². The van der Waals surface area contributed by atoms with Crippen molar-refractivity contribution in [3.63, 3.8) is 0 Å². The first-order valence-corrected chi connectivity index (χ1v) is 9.33. The van der Waals surface area contributed by atoms with Gasteiger partial charge in [-0.1, -0.05) is 20.3 Å². The van der Waals surface area contributed by atoms with Crippen molar-refractivity contribution in [1.82, 2.24) is 10.3 Å². The van der Waals surface area contributed by atoms with Crippen LogP contribution in [0.4, 0.5) is 0 Å². The molecule has 0 fully saturated rings. The Hall–Kier alpha value is -0.460. The van der Waals surface area contributed by atoms with Crippen LogP contribution >= 0.6 is 11.3 Å². The fraction of sp³-hybridized carbons (Fsp3) is 0.769. The van der Waals surface area contributed by atoms with Gasteiger partial charge in [0.2, 0.25) is 0 Å². The van der Waals surface area contributed by atoms with E-state index in [0.717, 1.165) is 36.6 Å². The van der Waals surface area contributed by atoms with Gasteiger partial charge in [0, 0.05) is 11.4 Å². The third kappa shape index (κ3) is 4.85. The highest BCUT2D eigenvalue weighted by molar-refractivity contribution is 7.91. The minimum Gasteiger partial charge on any atom is -0.312 e. The van der Waals surface area contributed by atoms with Gasteiger partial charge in [-0.2, -0.15) is 0 Å². The van der Waals surface area contributed by atoms with Gasteiger partial charge in [-0.25, -0.2) is 13.4 Å². The summed E-state index contributed by atoms with van der Waals surface area (Å²) in [7, 11) is -3.06. The van der Waals surface area contributed by atoms with Crippen LogP contribution in [0.15, 0.2) is 0 Å². The Morgan fingerprint density at radius 3 is 2.53 bits per heavy atom. The molecule has 0 unspecified atom stereocenters. The maximum Gasteiger partial charge on any atom is 0.159 e. The molecule has 0 radical (unpaired) electrons. The quantitative estimate of drug-likeness (QED) is 0.802. The topological polar surface area (TPSA) is 59.1 Å². The molecule has 0 aromatic carbocycles. The molecule has 1 heterocycles. The van der Waals surface area contributed by atoms with Crippen molar-refractivity contribution in [2.75, 3.05) is 6.54 Å². The lowest BCUT2D eigenvalue weighted by atomic mass is 10.2. The normalized spacial score (nSPS) is 12.3. The second kappa shape index (κ2) is 7.36. The molecular weight excluding hydrogens is 280 g/mol. The number of aryl methyl sites for hydroxylation is 1. The highest BCUT2D eigenvalue weighted by atomic mass is 32.2. The molecule has 0 bridgehead atoms. The maximum absolute atomic E-state index is 11.9. The van der Waals surface area contributed by atoms with Gasteiger partial charge in [0.15, 0.2) is 9.84 Å². The molecule has 1 aromatic rings. The van der Waals surface area contributed by atoms with Gasteiger partial charge in [0.25, 0.3) is 0 Å². The molecule has 6 heteroatoms. The molecule has 0 saturated heterocycles. The largest absolute Gasteiger partial charge is 0.312 e. The van der Waals surface area contributed by atoms with Gasteiger partial charge in [-0.15, -0.1) is 11.3 Å². The number of nitrogens with one attached hydrogen (secondary N) is 1. The van der Waals surface area contributed by atoms with Gasteiger partial charge in [0.1, 0.15) is 10.8 Å². The summed E-state index contributed by atoms with van der Waals surface area (Å²) < 4.78 is 23.9. The van der Waals surface area contributed by atoms with Gasteiger partial charge in [-0.05, 0) is 26.8 Å². The molecule has 110 valence electrons. The summed E-state index contributed by atoms with van der Waals surface area (Å²) >= 11 is 1.53. The molecule has 0 aliphatic carbocycles. The lowest BCUT2D eigenvalue weighted by molar-refractivity contribution is 0.586. The van der Waals surface area contributed by atoms with Crippen molar-refractivity contribution >= 4 is 21.2 Å². The van der Waals surface area contributed by atoms with E-state index in [0.29, 0.717) is 0 Å². The average Bonchev–Trinajstić information content (AvgIpc) is 2.68. The van der Waals surface area contributed by atoms with Crippen LogP contribution in [0.25, 0.3) is 0 Å². The molecule has 1 rings (SSSR count). The first kappa shape index (κ1) is 16.6. The Bertz CT molecular complexity index is 493. The smallest absolute Gasteiger partial charge is 0.159 e. The number of thiazole rings is 1. The summed E-state index contributed by atoms with van der Waals surface area (Å²) in [6.07, 6.45) is 1.94. The van der Waals surface area contributed by atoms with Gasteiger partial charge >= 0.3 is 0 Å². The number of rotatable bonds is 8. The summed E-state index contributed by atoms with van der Waals surface area (Å²) in [4.78, 5) is 5.70. The van der Waals surface area contributed by atoms with E-state index in [1.165, 1.54) is 16.2 Å². The standard InChI is InChI=1S/C13H24N2O2S2/c1-5-7-11-12(8-14-6-2)18-13(15-11)9-19(16,17)10(3)4/h10,14H,5-9H2,1-4H3.